The predicted octanol–water partition coefficient (Wildman–Crippen LogP) is 3.30. The Kier molecular flexibility index (Phi) is 4.30. The van der Waals surface area contributed by atoms with Gasteiger partial charge in [-0.3, -0.25) is 4.79 Å². The number of hydrogen-bond donors (Lipinski definition) is 2. The van der Waals surface area contributed by atoms with Crippen molar-refractivity contribution in [3.8, 4) is 0 Å². The first-order valence-corrected chi connectivity index (χ1v) is 9.06. The van der Waals surface area contributed by atoms with Crippen molar-refractivity contribution in [2.75, 3.05) is 6.54 Å². The Morgan fingerprint density at radius 3 is 3.04 bits per heavy atom. The molecule has 0 saturated heterocycles. The first-order valence-electron chi connectivity index (χ1n) is 9.06. The van der Waals surface area contributed by atoms with E-state index in [0.29, 0.717) is 18.9 Å². The van der Waals surface area contributed by atoms with Crippen LogP contribution in [0.2, 0.25) is 0 Å². The van der Waals surface area contributed by atoms with Gasteiger partial charge in [-0.25, -0.2) is 4.98 Å². The molecule has 0 unspecified atom stereocenters. The van der Waals surface area contributed by atoms with Crippen LogP contribution >= 0.6 is 0 Å². The summed E-state index contributed by atoms with van der Waals surface area (Å²) in [6.45, 7) is 3.54. The minimum atomic E-state index is 0.107. The van der Waals surface area contributed by atoms with E-state index in [1.165, 1.54) is 35.3 Å². The average molecular weight is 336 g/mol. The SMILES string of the molecule is Cc1cnc(C2CC2)n1CCNC(=O)CCc1c[nH]c2ccccc12. The summed E-state index contributed by atoms with van der Waals surface area (Å²) in [5.41, 5.74) is 3.50. The lowest BCUT2D eigenvalue weighted by molar-refractivity contribution is -0.121. The fourth-order valence-electron chi connectivity index (χ4n) is 3.42. The number of benzene rings is 1. The van der Waals surface area contributed by atoms with Crippen molar-refractivity contribution in [2.24, 2.45) is 0 Å². The molecule has 4 rings (SSSR count). The maximum Gasteiger partial charge on any atom is 0.220 e. The van der Waals surface area contributed by atoms with E-state index in [4.69, 9.17) is 0 Å². The monoisotopic (exact) mass is 336 g/mol. The maximum absolute atomic E-state index is 12.2. The largest absolute Gasteiger partial charge is 0.361 e. The third kappa shape index (κ3) is 3.45. The van der Waals surface area contributed by atoms with E-state index in [0.717, 1.165) is 18.5 Å². The molecule has 1 aliphatic carbocycles. The number of amides is 1. The van der Waals surface area contributed by atoms with Gasteiger partial charge < -0.3 is 14.9 Å². The molecule has 5 heteroatoms. The summed E-state index contributed by atoms with van der Waals surface area (Å²) in [5, 5.41) is 4.25. The smallest absolute Gasteiger partial charge is 0.220 e. The Balaban J connectivity index is 1.28. The highest BCUT2D eigenvalue weighted by molar-refractivity contribution is 5.84. The van der Waals surface area contributed by atoms with Crippen molar-refractivity contribution < 1.29 is 4.79 Å². The summed E-state index contributed by atoms with van der Waals surface area (Å²) in [6.07, 6.45) is 7.70. The van der Waals surface area contributed by atoms with Gasteiger partial charge in [0.05, 0.1) is 0 Å². The number of nitrogens with one attached hydrogen (secondary N) is 2. The Hall–Kier alpha value is -2.56. The zero-order valence-corrected chi connectivity index (χ0v) is 14.6. The number of aryl methyl sites for hydroxylation is 2. The summed E-state index contributed by atoms with van der Waals surface area (Å²) in [7, 11) is 0. The van der Waals surface area contributed by atoms with Crippen LogP contribution in [0.25, 0.3) is 10.9 Å². The summed E-state index contributed by atoms with van der Waals surface area (Å²) in [5.74, 6) is 1.92. The molecule has 0 bridgehead atoms. The van der Waals surface area contributed by atoms with Crippen LogP contribution in [0.1, 0.15) is 42.3 Å². The molecule has 5 nitrogen and oxygen atoms in total. The van der Waals surface area contributed by atoms with Crippen LogP contribution < -0.4 is 5.32 Å². The molecule has 2 heterocycles. The Morgan fingerprint density at radius 1 is 1.36 bits per heavy atom. The molecule has 0 aliphatic heterocycles. The van der Waals surface area contributed by atoms with E-state index < -0.39 is 0 Å². The van der Waals surface area contributed by atoms with Crippen LogP contribution in [0.15, 0.2) is 36.7 Å². The van der Waals surface area contributed by atoms with Crippen LogP contribution in [-0.2, 0) is 17.8 Å². The fraction of sp³-hybridized carbons (Fsp3) is 0.400. The normalized spacial score (nSPS) is 14.1. The predicted molar refractivity (Wildman–Crippen MR) is 98.6 cm³/mol. The number of aromatic nitrogens is 3. The maximum atomic E-state index is 12.2. The summed E-state index contributed by atoms with van der Waals surface area (Å²) < 4.78 is 2.25. The number of fused-ring (bicyclic) bond motifs is 1. The number of rotatable bonds is 7. The fourth-order valence-corrected chi connectivity index (χ4v) is 3.42. The standard InChI is InChI=1S/C20H24N4O/c1-14-12-23-20(15-6-7-15)24(14)11-10-21-19(25)9-8-16-13-22-18-5-3-2-4-17(16)18/h2-5,12-13,15,22H,6-11H2,1H3,(H,21,25). The van der Waals surface area contributed by atoms with E-state index >= 15 is 0 Å². The van der Waals surface area contributed by atoms with Gasteiger partial charge in [0.1, 0.15) is 5.82 Å². The van der Waals surface area contributed by atoms with Crippen LogP contribution in [0.4, 0.5) is 0 Å². The highest BCUT2D eigenvalue weighted by Crippen LogP contribution is 2.39. The molecule has 1 fully saturated rings. The lowest BCUT2D eigenvalue weighted by Crippen LogP contribution is -2.28. The van der Waals surface area contributed by atoms with Crippen molar-refractivity contribution in [2.45, 2.75) is 45.1 Å². The Morgan fingerprint density at radius 2 is 2.20 bits per heavy atom. The van der Waals surface area contributed by atoms with Gasteiger partial charge in [-0.1, -0.05) is 18.2 Å². The highest BCUT2D eigenvalue weighted by Gasteiger charge is 2.28. The Labute approximate surface area is 147 Å². The second kappa shape index (κ2) is 6.75. The minimum absolute atomic E-state index is 0.107. The van der Waals surface area contributed by atoms with Crippen LogP contribution in [-0.4, -0.2) is 27.0 Å². The van der Waals surface area contributed by atoms with E-state index in [2.05, 4.69) is 38.9 Å². The van der Waals surface area contributed by atoms with Gasteiger partial charge in [-0.05, 0) is 37.8 Å². The number of H-pyrrole nitrogens is 1. The van der Waals surface area contributed by atoms with Gasteiger partial charge in [-0.15, -0.1) is 0 Å². The Bertz CT molecular complexity index is 888. The van der Waals surface area contributed by atoms with Gasteiger partial charge in [-0.2, -0.15) is 0 Å². The minimum Gasteiger partial charge on any atom is -0.361 e. The van der Waals surface area contributed by atoms with E-state index in [1.54, 1.807) is 0 Å². The third-order valence-electron chi connectivity index (χ3n) is 4.98. The molecule has 2 N–H and O–H groups in total. The molecule has 1 saturated carbocycles. The van der Waals surface area contributed by atoms with Crippen molar-refractivity contribution in [1.82, 2.24) is 19.9 Å². The number of para-hydroxylation sites is 1. The number of aromatic amines is 1. The number of nitrogens with zero attached hydrogens (tertiary/aromatic N) is 2. The molecule has 1 aliphatic rings. The second-order valence-corrected chi connectivity index (χ2v) is 6.89. The van der Waals surface area contributed by atoms with Crippen molar-refractivity contribution >= 4 is 16.8 Å². The lowest BCUT2D eigenvalue weighted by atomic mass is 10.1. The van der Waals surface area contributed by atoms with E-state index in [9.17, 15) is 4.79 Å². The molecule has 1 aromatic carbocycles. The molecule has 25 heavy (non-hydrogen) atoms. The first-order chi connectivity index (χ1) is 12.2. The molecule has 0 spiro atoms. The molecule has 0 atom stereocenters. The third-order valence-corrected chi connectivity index (χ3v) is 4.98. The number of carbonyl (C=O) groups excluding carboxylic acids is 1. The molecule has 3 aromatic rings. The van der Waals surface area contributed by atoms with Gasteiger partial charge in [0, 0.05) is 54.4 Å². The van der Waals surface area contributed by atoms with Crippen molar-refractivity contribution in [3.63, 3.8) is 0 Å². The zero-order chi connectivity index (χ0) is 17.2. The van der Waals surface area contributed by atoms with Crippen molar-refractivity contribution in [3.05, 3.63) is 53.7 Å². The topological polar surface area (TPSA) is 62.7 Å². The van der Waals surface area contributed by atoms with Crippen LogP contribution in [0.3, 0.4) is 0 Å². The highest BCUT2D eigenvalue weighted by atomic mass is 16.1. The van der Waals surface area contributed by atoms with Crippen LogP contribution in [0.5, 0.6) is 0 Å². The summed E-state index contributed by atoms with van der Waals surface area (Å²) in [4.78, 5) is 20.0. The van der Waals surface area contributed by atoms with Crippen molar-refractivity contribution in [1.29, 1.82) is 0 Å². The van der Waals surface area contributed by atoms with Gasteiger partial charge in [0.15, 0.2) is 0 Å². The van der Waals surface area contributed by atoms with Crippen LogP contribution in [0, 0.1) is 6.92 Å². The zero-order valence-electron chi connectivity index (χ0n) is 14.6. The summed E-state index contributed by atoms with van der Waals surface area (Å²) in [6, 6.07) is 8.21. The number of hydrogen-bond acceptors (Lipinski definition) is 2. The molecular formula is C20H24N4O. The molecular weight excluding hydrogens is 312 g/mol. The van der Waals surface area contributed by atoms with E-state index in [1.807, 2.05) is 24.5 Å². The van der Waals surface area contributed by atoms with Gasteiger partial charge in [0.25, 0.3) is 0 Å². The molecule has 130 valence electrons. The second-order valence-electron chi connectivity index (χ2n) is 6.89. The van der Waals surface area contributed by atoms with Gasteiger partial charge in [0.2, 0.25) is 5.91 Å². The van der Waals surface area contributed by atoms with Gasteiger partial charge >= 0.3 is 0 Å². The quantitative estimate of drug-likeness (QED) is 0.695. The lowest BCUT2D eigenvalue weighted by Gasteiger charge is -2.10. The average Bonchev–Trinajstić information content (AvgIpc) is 3.28. The van der Waals surface area contributed by atoms with E-state index in [-0.39, 0.29) is 5.91 Å². The summed E-state index contributed by atoms with van der Waals surface area (Å²) >= 11 is 0. The molecule has 1 amide bonds. The number of imidazole rings is 1. The first kappa shape index (κ1) is 15.9. The number of carbonyl (C=O) groups is 1. The molecule has 2 aromatic heterocycles. The molecule has 0 radical (unpaired) electrons.